The topological polar surface area (TPSA) is 37.9 Å². The Morgan fingerprint density at radius 3 is 2.76 bits per heavy atom. The Balaban J connectivity index is 2.41. The first-order valence-electron chi connectivity index (χ1n) is 5.26. The van der Waals surface area contributed by atoms with Gasteiger partial charge in [-0.15, -0.1) is 0 Å². The van der Waals surface area contributed by atoms with Crippen LogP contribution in [0.5, 0.6) is 5.75 Å². The maximum atomic E-state index is 6.14. The first-order valence-corrected chi connectivity index (χ1v) is 6.43. The summed E-state index contributed by atoms with van der Waals surface area (Å²) in [6.07, 6.45) is 0. The van der Waals surface area contributed by atoms with Gasteiger partial charge in [-0.05, 0) is 48.0 Å². The molecule has 0 aliphatic rings. The summed E-state index contributed by atoms with van der Waals surface area (Å²) < 4.78 is 6.35. The van der Waals surface area contributed by atoms with E-state index in [0.29, 0.717) is 17.4 Å². The van der Waals surface area contributed by atoms with Crippen molar-refractivity contribution in [2.24, 2.45) is 0 Å². The largest absolute Gasteiger partial charge is 0.492 e. The fourth-order valence-electron chi connectivity index (χ4n) is 1.53. The molecule has 1 N–H and O–H groups in total. The van der Waals surface area contributed by atoms with E-state index in [1.807, 2.05) is 32.0 Å². The molecule has 17 heavy (non-hydrogen) atoms. The van der Waals surface area contributed by atoms with E-state index in [1.165, 1.54) is 0 Å². The van der Waals surface area contributed by atoms with E-state index < -0.39 is 0 Å². The van der Waals surface area contributed by atoms with Crippen LogP contribution in [0.25, 0.3) is 11.3 Å². The molecule has 0 aliphatic heterocycles. The normalized spacial score (nSPS) is 10.6. The molecule has 3 nitrogen and oxygen atoms in total. The molecule has 0 atom stereocenters. The van der Waals surface area contributed by atoms with Crippen LogP contribution in [0.4, 0.5) is 0 Å². The SMILES string of the molecule is CCOc1ccc(-c2n[nH]c(C)c2Br)cc1Cl. The summed E-state index contributed by atoms with van der Waals surface area (Å²) in [7, 11) is 0. The average Bonchev–Trinajstić information content (AvgIpc) is 2.63. The summed E-state index contributed by atoms with van der Waals surface area (Å²) in [4.78, 5) is 0. The molecular formula is C12H12BrClN2O. The number of halogens is 2. The third kappa shape index (κ3) is 2.48. The number of H-pyrrole nitrogens is 1. The maximum Gasteiger partial charge on any atom is 0.137 e. The lowest BCUT2D eigenvalue weighted by Gasteiger charge is -2.06. The minimum atomic E-state index is 0.594. The molecule has 90 valence electrons. The zero-order valence-electron chi connectivity index (χ0n) is 9.55. The van der Waals surface area contributed by atoms with Crippen molar-refractivity contribution >= 4 is 27.5 Å². The van der Waals surface area contributed by atoms with Crippen molar-refractivity contribution in [2.75, 3.05) is 6.61 Å². The number of nitrogens with one attached hydrogen (secondary N) is 1. The zero-order chi connectivity index (χ0) is 12.4. The Bertz CT molecular complexity index is 539. The van der Waals surface area contributed by atoms with Gasteiger partial charge < -0.3 is 4.74 Å². The Morgan fingerprint density at radius 2 is 2.24 bits per heavy atom. The van der Waals surface area contributed by atoms with Gasteiger partial charge >= 0.3 is 0 Å². The Kier molecular flexibility index (Phi) is 3.74. The van der Waals surface area contributed by atoms with Gasteiger partial charge in [0.05, 0.1) is 16.1 Å². The summed E-state index contributed by atoms with van der Waals surface area (Å²) in [5, 5.41) is 7.75. The lowest BCUT2D eigenvalue weighted by molar-refractivity contribution is 0.340. The number of hydrogen-bond donors (Lipinski definition) is 1. The zero-order valence-corrected chi connectivity index (χ0v) is 11.9. The maximum absolute atomic E-state index is 6.14. The van der Waals surface area contributed by atoms with Crippen LogP contribution < -0.4 is 4.74 Å². The summed E-state index contributed by atoms with van der Waals surface area (Å²) in [5.41, 5.74) is 2.80. The summed E-state index contributed by atoms with van der Waals surface area (Å²) in [6.45, 7) is 4.49. The highest BCUT2D eigenvalue weighted by atomic mass is 79.9. The lowest BCUT2D eigenvalue weighted by atomic mass is 10.1. The minimum absolute atomic E-state index is 0.594. The molecule has 2 aromatic rings. The van der Waals surface area contributed by atoms with Crippen LogP contribution in [0.3, 0.4) is 0 Å². The quantitative estimate of drug-likeness (QED) is 0.922. The summed E-state index contributed by atoms with van der Waals surface area (Å²) in [6, 6.07) is 5.65. The van der Waals surface area contributed by atoms with Crippen molar-refractivity contribution in [1.82, 2.24) is 10.2 Å². The van der Waals surface area contributed by atoms with Gasteiger partial charge in [0.25, 0.3) is 0 Å². The van der Waals surface area contributed by atoms with Crippen LogP contribution in [0.2, 0.25) is 5.02 Å². The number of nitrogens with zero attached hydrogens (tertiary/aromatic N) is 1. The molecule has 2 rings (SSSR count). The highest BCUT2D eigenvalue weighted by Crippen LogP contribution is 2.33. The van der Waals surface area contributed by atoms with Crippen molar-refractivity contribution < 1.29 is 4.74 Å². The van der Waals surface area contributed by atoms with E-state index >= 15 is 0 Å². The first kappa shape index (κ1) is 12.5. The second-order valence-electron chi connectivity index (χ2n) is 3.59. The molecule has 0 fully saturated rings. The van der Waals surface area contributed by atoms with Crippen molar-refractivity contribution in [2.45, 2.75) is 13.8 Å². The number of aromatic amines is 1. The molecule has 0 bridgehead atoms. The van der Waals surface area contributed by atoms with Crippen molar-refractivity contribution in [3.8, 4) is 17.0 Å². The van der Waals surface area contributed by atoms with E-state index in [4.69, 9.17) is 16.3 Å². The molecule has 1 aromatic carbocycles. The first-order chi connectivity index (χ1) is 8.13. The van der Waals surface area contributed by atoms with Crippen LogP contribution in [-0.4, -0.2) is 16.8 Å². The van der Waals surface area contributed by atoms with Crippen LogP contribution in [0.1, 0.15) is 12.6 Å². The van der Waals surface area contributed by atoms with Crippen molar-refractivity contribution in [1.29, 1.82) is 0 Å². The van der Waals surface area contributed by atoms with E-state index in [2.05, 4.69) is 26.1 Å². The molecule has 0 spiro atoms. The molecule has 1 heterocycles. The molecule has 1 aromatic heterocycles. The van der Waals surface area contributed by atoms with Gasteiger partial charge in [-0.3, -0.25) is 5.10 Å². The molecule has 0 unspecified atom stereocenters. The van der Waals surface area contributed by atoms with E-state index in [1.54, 1.807) is 0 Å². The molecule has 0 amide bonds. The fourth-order valence-corrected chi connectivity index (χ4v) is 2.17. The lowest BCUT2D eigenvalue weighted by Crippen LogP contribution is -1.92. The van der Waals surface area contributed by atoms with Gasteiger partial charge in [0, 0.05) is 11.3 Å². The predicted molar refractivity (Wildman–Crippen MR) is 72.6 cm³/mol. The van der Waals surface area contributed by atoms with Crippen molar-refractivity contribution in [3.63, 3.8) is 0 Å². The van der Waals surface area contributed by atoms with Crippen LogP contribution in [0.15, 0.2) is 22.7 Å². The van der Waals surface area contributed by atoms with Gasteiger partial charge in [-0.2, -0.15) is 5.10 Å². The van der Waals surface area contributed by atoms with E-state index in [-0.39, 0.29) is 0 Å². The average molecular weight is 316 g/mol. The Morgan fingerprint density at radius 1 is 1.47 bits per heavy atom. The predicted octanol–water partition coefficient (Wildman–Crippen LogP) is 4.20. The molecule has 0 radical (unpaired) electrons. The number of aromatic nitrogens is 2. The van der Waals surface area contributed by atoms with Crippen LogP contribution in [-0.2, 0) is 0 Å². The minimum Gasteiger partial charge on any atom is -0.492 e. The fraction of sp³-hybridized carbons (Fsp3) is 0.250. The van der Waals surface area contributed by atoms with Gasteiger partial charge in [0.1, 0.15) is 11.4 Å². The van der Waals surface area contributed by atoms with Gasteiger partial charge in [0.2, 0.25) is 0 Å². The number of ether oxygens (including phenoxy) is 1. The molecular weight excluding hydrogens is 304 g/mol. The summed E-state index contributed by atoms with van der Waals surface area (Å²) >= 11 is 9.63. The number of rotatable bonds is 3. The number of hydrogen-bond acceptors (Lipinski definition) is 2. The Hall–Kier alpha value is -1.000. The highest BCUT2D eigenvalue weighted by molar-refractivity contribution is 9.10. The monoisotopic (exact) mass is 314 g/mol. The highest BCUT2D eigenvalue weighted by Gasteiger charge is 2.11. The van der Waals surface area contributed by atoms with Gasteiger partial charge in [-0.1, -0.05) is 11.6 Å². The molecule has 0 saturated heterocycles. The smallest absolute Gasteiger partial charge is 0.137 e. The molecule has 5 heteroatoms. The molecule has 0 saturated carbocycles. The summed E-state index contributed by atoms with van der Waals surface area (Å²) in [5.74, 6) is 0.696. The van der Waals surface area contributed by atoms with Gasteiger partial charge in [-0.25, -0.2) is 0 Å². The second-order valence-corrected chi connectivity index (χ2v) is 4.79. The number of benzene rings is 1. The van der Waals surface area contributed by atoms with Crippen molar-refractivity contribution in [3.05, 3.63) is 33.4 Å². The third-order valence-electron chi connectivity index (χ3n) is 2.38. The van der Waals surface area contributed by atoms with Crippen LogP contribution in [0, 0.1) is 6.92 Å². The third-order valence-corrected chi connectivity index (χ3v) is 3.64. The van der Waals surface area contributed by atoms with E-state index in [9.17, 15) is 0 Å². The van der Waals surface area contributed by atoms with E-state index in [0.717, 1.165) is 21.4 Å². The standard InChI is InChI=1S/C12H12BrClN2O/c1-3-17-10-5-4-8(6-9(10)14)12-11(13)7(2)15-16-12/h4-6H,3H2,1-2H3,(H,15,16). The second kappa shape index (κ2) is 5.10. The van der Waals surface area contributed by atoms with Gasteiger partial charge in [0.15, 0.2) is 0 Å². The van der Waals surface area contributed by atoms with Crippen LogP contribution >= 0.6 is 27.5 Å². The number of aryl methyl sites for hydroxylation is 1. The molecule has 0 aliphatic carbocycles. The Labute approximate surface area is 113 Å².